The quantitative estimate of drug-likeness (QED) is 0.418. The van der Waals surface area contributed by atoms with Gasteiger partial charge in [-0.05, 0) is 46.5 Å². The molecule has 32 heavy (non-hydrogen) atoms. The van der Waals surface area contributed by atoms with E-state index in [0.717, 1.165) is 33.7 Å². The molecule has 160 valence electrons. The lowest BCUT2D eigenvalue weighted by molar-refractivity contribution is -0.136. The third-order valence-electron chi connectivity index (χ3n) is 5.86. The number of aromatic nitrogens is 2. The summed E-state index contributed by atoms with van der Waals surface area (Å²) in [7, 11) is 1.65. The van der Waals surface area contributed by atoms with Gasteiger partial charge in [0.15, 0.2) is 0 Å². The SMILES string of the molecule is COc1ccc(CN2Cc3cncn3C(c3ccc(-c4ccc(Cl)cc4)cc3)C2=O)cc1. The van der Waals surface area contributed by atoms with E-state index in [-0.39, 0.29) is 5.91 Å². The molecule has 2 heterocycles. The zero-order valence-corrected chi connectivity index (χ0v) is 18.4. The van der Waals surface area contributed by atoms with Gasteiger partial charge in [0.25, 0.3) is 5.91 Å². The minimum Gasteiger partial charge on any atom is -0.497 e. The van der Waals surface area contributed by atoms with Crippen LogP contribution in [-0.2, 0) is 17.9 Å². The topological polar surface area (TPSA) is 47.4 Å². The van der Waals surface area contributed by atoms with Gasteiger partial charge in [0, 0.05) is 17.8 Å². The summed E-state index contributed by atoms with van der Waals surface area (Å²) in [5.74, 6) is 0.862. The average Bonchev–Trinajstić information content (AvgIpc) is 3.29. The normalized spacial score (nSPS) is 15.5. The van der Waals surface area contributed by atoms with Crippen molar-refractivity contribution in [1.82, 2.24) is 14.5 Å². The highest BCUT2D eigenvalue weighted by molar-refractivity contribution is 6.30. The number of halogens is 1. The Bertz CT molecular complexity index is 1230. The minimum atomic E-state index is -0.432. The van der Waals surface area contributed by atoms with Crippen LogP contribution in [0.1, 0.15) is 22.9 Å². The van der Waals surface area contributed by atoms with E-state index in [4.69, 9.17) is 16.3 Å². The van der Waals surface area contributed by atoms with Crippen LogP contribution in [0.3, 0.4) is 0 Å². The number of ether oxygens (including phenoxy) is 1. The first-order valence-electron chi connectivity index (χ1n) is 10.4. The molecule has 6 heteroatoms. The van der Waals surface area contributed by atoms with Crippen LogP contribution in [0, 0.1) is 0 Å². The first-order valence-corrected chi connectivity index (χ1v) is 10.8. The molecule has 0 spiro atoms. The predicted molar refractivity (Wildman–Crippen MR) is 125 cm³/mol. The summed E-state index contributed by atoms with van der Waals surface area (Å²) in [5.41, 5.74) is 5.18. The van der Waals surface area contributed by atoms with E-state index in [1.54, 1.807) is 13.4 Å². The number of carbonyl (C=O) groups is 1. The largest absolute Gasteiger partial charge is 0.497 e. The van der Waals surface area contributed by atoms with Crippen molar-refractivity contribution in [2.75, 3.05) is 7.11 Å². The molecule has 1 unspecified atom stereocenters. The van der Waals surface area contributed by atoms with E-state index in [1.807, 2.05) is 88.5 Å². The summed E-state index contributed by atoms with van der Waals surface area (Å²) < 4.78 is 7.22. The summed E-state index contributed by atoms with van der Waals surface area (Å²) in [6.45, 7) is 1.07. The van der Waals surface area contributed by atoms with Gasteiger partial charge in [-0.1, -0.05) is 60.1 Å². The molecule has 5 rings (SSSR count). The molecule has 4 aromatic rings. The summed E-state index contributed by atoms with van der Waals surface area (Å²) in [6, 6.07) is 23.3. The number of rotatable bonds is 5. The molecule has 0 saturated carbocycles. The summed E-state index contributed by atoms with van der Waals surface area (Å²) >= 11 is 6.01. The van der Waals surface area contributed by atoms with Gasteiger partial charge in [-0.15, -0.1) is 0 Å². The van der Waals surface area contributed by atoms with Gasteiger partial charge < -0.3 is 14.2 Å². The Labute approximate surface area is 191 Å². The third kappa shape index (κ3) is 3.87. The molecule has 5 nitrogen and oxygen atoms in total. The fraction of sp³-hybridized carbons (Fsp3) is 0.154. The Morgan fingerprint density at radius 2 is 1.62 bits per heavy atom. The maximum atomic E-state index is 13.5. The number of imidazole rings is 1. The first-order chi connectivity index (χ1) is 15.6. The summed E-state index contributed by atoms with van der Waals surface area (Å²) in [5, 5.41) is 0.711. The molecule has 3 aromatic carbocycles. The van der Waals surface area contributed by atoms with Gasteiger partial charge in [-0.3, -0.25) is 4.79 Å². The molecule has 1 aromatic heterocycles. The maximum absolute atomic E-state index is 13.5. The Balaban J connectivity index is 1.43. The van der Waals surface area contributed by atoms with Crippen molar-refractivity contribution in [2.24, 2.45) is 0 Å². The number of hydrogen-bond donors (Lipinski definition) is 0. The maximum Gasteiger partial charge on any atom is 0.250 e. The number of carbonyl (C=O) groups excluding carboxylic acids is 1. The van der Waals surface area contributed by atoms with E-state index in [9.17, 15) is 4.79 Å². The Hall–Kier alpha value is -3.57. The van der Waals surface area contributed by atoms with Crippen LogP contribution >= 0.6 is 11.6 Å². The van der Waals surface area contributed by atoms with Gasteiger partial charge in [0.2, 0.25) is 0 Å². The number of nitrogens with zero attached hydrogens (tertiary/aromatic N) is 3. The van der Waals surface area contributed by atoms with Crippen LogP contribution in [0.2, 0.25) is 5.02 Å². The predicted octanol–water partition coefficient (Wildman–Crippen LogP) is 5.34. The van der Waals surface area contributed by atoms with Crippen LogP contribution in [0.25, 0.3) is 11.1 Å². The molecule has 0 radical (unpaired) electrons. The number of hydrogen-bond acceptors (Lipinski definition) is 3. The number of amides is 1. The fourth-order valence-corrected chi connectivity index (χ4v) is 4.27. The smallest absolute Gasteiger partial charge is 0.250 e. The van der Waals surface area contributed by atoms with Crippen molar-refractivity contribution in [3.63, 3.8) is 0 Å². The lowest BCUT2D eigenvalue weighted by atomic mass is 9.98. The molecule has 1 atom stereocenters. The van der Waals surface area contributed by atoms with Crippen molar-refractivity contribution in [2.45, 2.75) is 19.1 Å². The fourth-order valence-electron chi connectivity index (χ4n) is 4.14. The van der Waals surface area contributed by atoms with Crippen molar-refractivity contribution in [1.29, 1.82) is 0 Å². The van der Waals surface area contributed by atoms with E-state index in [2.05, 4.69) is 4.98 Å². The first kappa shape index (κ1) is 20.3. The van der Waals surface area contributed by atoms with Gasteiger partial charge in [-0.25, -0.2) is 4.98 Å². The van der Waals surface area contributed by atoms with Gasteiger partial charge in [0.05, 0.1) is 25.7 Å². The van der Waals surface area contributed by atoms with Crippen LogP contribution in [-0.4, -0.2) is 27.5 Å². The van der Waals surface area contributed by atoms with Crippen LogP contribution < -0.4 is 4.74 Å². The van der Waals surface area contributed by atoms with E-state index in [0.29, 0.717) is 18.1 Å². The molecule has 1 aliphatic heterocycles. The Morgan fingerprint density at radius 3 is 2.28 bits per heavy atom. The van der Waals surface area contributed by atoms with Crippen molar-refractivity contribution >= 4 is 17.5 Å². The number of fused-ring (bicyclic) bond motifs is 1. The average molecular weight is 444 g/mol. The highest BCUT2D eigenvalue weighted by Gasteiger charge is 2.34. The van der Waals surface area contributed by atoms with Crippen LogP contribution in [0.5, 0.6) is 5.75 Å². The number of methoxy groups -OCH3 is 1. The lowest BCUT2D eigenvalue weighted by Crippen LogP contribution is -2.42. The van der Waals surface area contributed by atoms with Gasteiger partial charge >= 0.3 is 0 Å². The number of benzene rings is 3. The second-order valence-electron chi connectivity index (χ2n) is 7.87. The Morgan fingerprint density at radius 1 is 0.969 bits per heavy atom. The molecule has 0 aliphatic carbocycles. The molecule has 0 fully saturated rings. The standard InChI is InChI=1S/C26H22ClN3O2/c1-32-24-12-2-18(3-13-24)15-29-16-23-14-28-17-30(23)25(26(29)31)21-6-4-19(5-7-21)20-8-10-22(27)11-9-20/h2-14,17,25H,15-16H2,1H3. The van der Waals surface area contributed by atoms with E-state index >= 15 is 0 Å². The molecular weight excluding hydrogens is 422 g/mol. The van der Waals surface area contributed by atoms with E-state index < -0.39 is 6.04 Å². The van der Waals surface area contributed by atoms with Gasteiger partial charge in [-0.2, -0.15) is 0 Å². The zero-order chi connectivity index (χ0) is 22.1. The molecule has 0 N–H and O–H groups in total. The third-order valence-corrected chi connectivity index (χ3v) is 6.11. The lowest BCUT2D eigenvalue weighted by Gasteiger charge is -2.34. The zero-order valence-electron chi connectivity index (χ0n) is 17.6. The molecular formula is C26H22ClN3O2. The van der Waals surface area contributed by atoms with Crippen LogP contribution in [0.15, 0.2) is 85.3 Å². The Kier molecular flexibility index (Phi) is 5.41. The van der Waals surface area contributed by atoms with Crippen molar-refractivity contribution in [3.8, 4) is 16.9 Å². The summed E-state index contributed by atoms with van der Waals surface area (Å²) in [6.07, 6.45) is 3.58. The molecule has 0 bridgehead atoms. The monoisotopic (exact) mass is 443 g/mol. The highest BCUT2D eigenvalue weighted by Crippen LogP contribution is 2.31. The summed E-state index contributed by atoms with van der Waals surface area (Å²) in [4.78, 5) is 19.7. The molecule has 1 aliphatic rings. The van der Waals surface area contributed by atoms with Gasteiger partial charge in [0.1, 0.15) is 11.8 Å². The van der Waals surface area contributed by atoms with Crippen molar-refractivity contribution < 1.29 is 9.53 Å². The second-order valence-corrected chi connectivity index (χ2v) is 8.30. The molecule has 0 saturated heterocycles. The van der Waals surface area contributed by atoms with E-state index in [1.165, 1.54) is 0 Å². The molecule has 1 amide bonds. The minimum absolute atomic E-state index is 0.0607. The second kappa shape index (κ2) is 8.52. The highest BCUT2D eigenvalue weighted by atomic mass is 35.5. The van der Waals surface area contributed by atoms with Crippen molar-refractivity contribution in [3.05, 3.63) is 107 Å². The van der Waals surface area contributed by atoms with Crippen LogP contribution in [0.4, 0.5) is 0 Å².